The Hall–Kier alpha value is -1.84. The molecule has 1 rings (SSSR count). The topological polar surface area (TPSA) is 63.6 Å². The molecule has 0 aliphatic rings. The van der Waals surface area contributed by atoms with E-state index in [0.717, 1.165) is 5.56 Å². The molecule has 0 aromatic heterocycles. The van der Waals surface area contributed by atoms with Gasteiger partial charge < -0.3 is 9.84 Å². The number of rotatable bonds is 5. The normalized spacial score (nSPS) is 12.8. The van der Waals surface area contributed by atoms with Crippen molar-refractivity contribution in [3.05, 3.63) is 29.8 Å². The summed E-state index contributed by atoms with van der Waals surface area (Å²) >= 11 is 0. The highest BCUT2D eigenvalue weighted by Gasteiger charge is 2.33. The van der Waals surface area contributed by atoms with E-state index in [1.165, 1.54) is 6.92 Å². The molecule has 104 valence electrons. The summed E-state index contributed by atoms with van der Waals surface area (Å²) < 4.78 is 5.55. The van der Waals surface area contributed by atoms with Gasteiger partial charge in [0.2, 0.25) is 0 Å². The second-order valence-electron chi connectivity index (χ2n) is 5.73. The van der Waals surface area contributed by atoms with Crippen molar-refractivity contribution in [2.45, 2.75) is 40.2 Å². The molecule has 1 atom stereocenters. The van der Waals surface area contributed by atoms with E-state index in [1.807, 2.05) is 26.8 Å². The van der Waals surface area contributed by atoms with Crippen LogP contribution in [0.15, 0.2) is 24.3 Å². The lowest BCUT2D eigenvalue weighted by molar-refractivity contribution is -0.150. The number of carboxylic acid groups (broad SMARTS) is 1. The zero-order chi connectivity index (χ0) is 14.6. The number of carbonyl (C=O) groups excluding carboxylic acids is 1. The van der Waals surface area contributed by atoms with Gasteiger partial charge in [-0.2, -0.15) is 0 Å². The molecule has 0 fully saturated rings. The lowest BCUT2D eigenvalue weighted by Gasteiger charge is -2.27. The van der Waals surface area contributed by atoms with Crippen LogP contribution in [0.5, 0.6) is 5.75 Å². The quantitative estimate of drug-likeness (QED) is 0.888. The molecule has 0 bridgehead atoms. The monoisotopic (exact) mass is 264 g/mol. The first-order valence-electron chi connectivity index (χ1n) is 6.18. The summed E-state index contributed by atoms with van der Waals surface area (Å²) in [5.74, 6) is -0.465. The van der Waals surface area contributed by atoms with E-state index in [2.05, 4.69) is 0 Å². The number of hydrogen-bond donors (Lipinski definition) is 1. The highest BCUT2D eigenvalue weighted by atomic mass is 16.5. The molecule has 0 aliphatic carbocycles. The fourth-order valence-corrected chi connectivity index (χ4v) is 1.75. The van der Waals surface area contributed by atoms with Crippen LogP contribution >= 0.6 is 0 Å². The molecule has 1 unspecified atom stereocenters. The third-order valence-corrected chi connectivity index (χ3v) is 2.62. The lowest BCUT2D eigenvalue weighted by Crippen LogP contribution is -2.39. The molecule has 0 spiro atoms. The van der Waals surface area contributed by atoms with Gasteiger partial charge in [-0.1, -0.05) is 32.9 Å². The van der Waals surface area contributed by atoms with Crippen LogP contribution in [0.4, 0.5) is 0 Å². The maximum Gasteiger partial charge on any atom is 0.345 e. The number of hydrogen-bond acceptors (Lipinski definition) is 3. The standard InChI is InChI=1S/C15H20O4/c1-10(16)8-11-6-5-7-12(9-11)19-13(14(17)18)15(2,3)4/h5-7,9,13H,8H2,1-4H3,(H,17,18). The zero-order valence-corrected chi connectivity index (χ0v) is 11.8. The summed E-state index contributed by atoms with van der Waals surface area (Å²) in [5, 5.41) is 9.21. The number of Topliss-reactive ketones (excluding diaryl/α,β-unsaturated/α-hetero) is 1. The molecule has 0 aliphatic heterocycles. The van der Waals surface area contributed by atoms with Crippen LogP contribution in [0.25, 0.3) is 0 Å². The van der Waals surface area contributed by atoms with Crippen LogP contribution in [0.2, 0.25) is 0 Å². The van der Waals surface area contributed by atoms with Crippen LogP contribution in [0.3, 0.4) is 0 Å². The zero-order valence-electron chi connectivity index (χ0n) is 11.8. The van der Waals surface area contributed by atoms with E-state index in [9.17, 15) is 14.7 Å². The van der Waals surface area contributed by atoms with Crippen LogP contribution in [-0.4, -0.2) is 23.0 Å². The van der Waals surface area contributed by atoms with Crippen molar-refractivity contribution in [3.63, 3.8) is 0 Å². The van der Waals surface area contributed by atoms with E-state index in [-0.39, 0.29) is 5.78 Å². The average Bonchev–Trinajstić information content (AvgIpc) is 2.23. The molecule has 1 aromatic rings. The molecular weight excluding hydrogens is 244 g/mol. The molecule has 0 heterocycles. The van der Waals surface area contributed by atoms with Gasteiger partial charge in [0.1, 0.15) is 11.5 Å². The van der Waals surface area contributed by atoms with Crippen molar-refractivity contribution in [1.82, 2.24) is 0 Å². The van der Waals surface area contributed by atoms with Crippen molar-refractivity contribution < 1.29 is 19.4 Å². The Bertz CT molecular complexity index is 471. The third-order valence-electron chi connectivity index (χ3n) is 2.62. The largest absolute Gasteiger partial charge is 0.478 e. The molecule has 19 heavy (non-hydrogen) atoms. The van der Waals surface area contributed by atoms with E-state index in [4.69, 9.17) is 4.74 Å². The van der Waals surface area contributed by atoms with Gasteiger partial charge in [-0.3, -0.25) is 4.79 Å². The fraction of sp³-hybridized carbons (Fsp3) is 0.467. The van der Waals surface area contributed by atoms with Crippen molar-refractivity contribution in [1.29, 1.82) is 0 Å². The number of carboxylic acids is 1. The first kappa shape index (κ1) is 15.2. The van der Waals surface area contributed by atoms with Gasteiger partial charge >= 0.3 is 5.97 Å². The predicted octanol–water partition coefficient (Wildman–Crippen LogP) is 2.70. The van der Waals surface area contributed by atoms with E-state index < -0.39 is 17.5 Å². The SMILES string of the molecule is CC(=O)Cc1cccc(OC(C(=O)O)C(C)(C)C)c1. The summed E-state index contributed by atoms with van der Waals surface area (Å²) in [6.07, 6.45) is -0.607. The number of ether oxygens (including phenoxy) is 1. The Morgan fingerprint density at radius 2 is 1.95 bits per heavy atom. The van der Waals surface area contributed by atoms with Crippen molar-refractivity contribution >= 4 is 11.8 Å². The minimum absolute atomic E-state index is 0.0581. The highest BCUT2D eigenvalue weighted by molar-refractivity contribution is 5.78. The first-order valence-corrected chi connectivity index (χ1v) is 6.18. The van der Waals surface area contributed by atoms with Crippen molar-refractivity contribution in [2.24, 2.45) is 5.41 Å². The average molecular weight is 264 g/mol. The Balaban J connectivity index is 2.91. The van der Waals surface area contributed by atoms with Crippen molar-refractivity contribution in [3.8, 4) is 5.75 Å². The maximum absolute atomic E-state index is 11.2. The molecule has 4 heteroatoms. The molecule has 0 saturated heterocycles. The predicted molar refractivity (Wildman–Crippen MR) is 72.3 cm³/mol. The van der Waals surface area contributed by atoms with Crippen LogP contribution < -0.4 is 4.74 Å². The van der Waals surface area contributed by atoms with Gasteiger partial charge in [-0.25, -0.2) is 4.79 Å². The minimum atomic E-state index is -0.996. The molecule has 0 amide bonds. The van der Waals surface area contributed by atoms with Gasteiger partial charge in [-0.15, -0.1) is 0 Å². The molecular formula is C15H20O4. The Morgan fingerprint density at radius 3 is 2.42 bits per heavy atom. The number of benzene rings is 1. The summed E-state index contributed by atoms with van der Waals surface area (Å²) in [7, 11) is 0. The summed E-state index contributed by atoms with van der Waals surface area (Å²) in [4.78, 5) is 22.3. The van der Waals surface area contributed by atoms with Crippen LogP contribution in [0.1, 0.15) is 33.3 Å². The number of carbonyl (C=O) groups is 2. The third kappa shape index (κ3) is 4.73. The fourth-order valence-electron chi connectivity index (χ4n) is 1.75. The molecule has 0 radical (unpaired) electrons. The van der Waals surface area contributed by atoms with E-state index in [0.29, 0.717) is 12.2 Å². The Kier molecular flexibility index (Phi) is 4.70. The van der Waals surface area contributed by atoms with E-state index >= 15 is 0 Å². The molecule has 4 nitrogen and oxygen atoms in total. The van der Waals surface area contributed by atoms with Gasteiger partial charge in [0, 0.05) is 11.8 Å². The molecule has 1 N–H and O–H groups in total. The molecule has 1 aromatic carbocycles. The number of ketones is 1. The summed E-state index contributed by atoms with van der Waals surface area (Å²) in [6, 6.07) is 6.99. The second kappa shape index (κ2) is 5.87. The molecule has 0 saturated carbocycles. The van der Waals surface area contributed by atoms with Gasteiger partial charge in [0.25, 0.3) is 0 Å². The lowest BCUT2D eigenvalue weighted by atomic mass is 9.89. The van der Waals surface area contributed by atoms with Crippen molar-refractivity contribution in [2.75, 3.05) is 0 Å². The second-order valence-corrected chi connectivity index (χ2v) is 5.73. The summed E-state index contributed by atoms with van der Waals surface area (Å²) in [5.41, 5.74) is 0.311. The number of aliphatic carboxylic acids is 1. The van der Waals surface area contributed by atoms with Gasteiger partial charge in [0.05, 0.1) is 0 Å². The minimum Gasteiger partial charge on any atom is -0.478 e. The Morgan fingerprint density at radius 1 is 1.32 bits per heavy atom. The van der Waals surface area contributed by atoms with Gasteiger partial charge in [0.15, 0.2) is 6.10 Å². The van der Waals surface area contributed by atoms with E-state index in [1.54, 1.807) is 18.2 Å². The highest BCUT2D eigenvalue weighted by Crippen LogP contribution is 2.25. The van der Waals surface area contributed by atoms with Gasteiger partial charge in [-0.05, 0) is 24.6 Å². The smallest absolute Gasteiger partial charge is 0.345 e. The van der Waals surface area contributed by atoms with Crippen LogP contribution in [0, 0.1) is 5.41 Å². The van der Waals surface area contributed by atoms with Crippen LogP contribution in [-0.2, 0) is 16.0 Å². The first-order chi connectivity index (χ1) is 8.70. The Labute approximate surface area is 113 Å². The maximum atomic E-state index is 11.2. The summed E-state index contributed by atoms with van der Waals surface area (Å²) in [6.45, 7) is 6.95.